The van der Waals surface area contributed by atoms with Gasteiger partial charge < -0.3 is 4.42 Å². The van der Waals surface area contributed by atoms with Crippen molar-refractivity contribution in [2.45, 2.75) is 26.2 Å². The average molecular weight is 136 g/mol. The minimum atomic E-state index is 0.852. The standard InChI is InChI=1S/C9H12O/c1-7-2-3-9-8(6-7)4-5-10-9/h4-5,7H,2-3,6H2,1H3. The highest BCUT2D eigenvalue weighted by atomic mass is 16.3. The Bertz CT molecular complexity index is 224. The maximum atomic E-state index is 5.30. The fourth-order valence-corrected chi connectivity index (χ4v) is 1.62. The summed E-state index contributed by atoms with van der Waals surface area (Å²) in [4.78, 5) is 0. The highest BCUT2D eigenvalue weighted by Crippen LogP contribution is 2.25. The number of rotatable bonds is 0. The Morgan fingerprint density at radius 1 is 1.60 bits per heavy atom. The van der Waals surface area contributed by atoms with Gasteiger partial charge in [0.1, 0.15) is 5.76 Å². The van der Waals surface area contributed by atoms with E-state index in [9.17, 15) is 0 Å². The largest absolute Gasteiger partial charge is 0.469 e. The number of fused-ring (bicyclic) bond motifs is 1. The Balaban J connectivity index is 2.30. The summed E-state index contributed by atoms with van der Waals surface area (Å²) in [6.07, 6.45) is 5.46. The number of aryl methyl sites for hydroxylation is 1. The molecule has 2 rings (SSSR count). The summed E-state index contributed by atoms with van der Waals surface area (Å²) in [6, 6.07) is 2.10. The van der Waals surface area contributed by atoms with Crippen LogP contribution in [0.1, 0.15) is 24.7 Å². The SMILES string of the molecule is CC1CCc2occc2C1. The predicted octanol–water partition coefficient (Wildman–Crippen LogP) is 2.40. The summed E-state index contributed by atoms with van der Waals surface area (Å²) in [7, 11) is 0. The maximum Gasteiger partial charge on any atom is 0.106 e. The molecule has 54 valence electrons. The first-order valence-corrected chi connectivity index (χ1v) is 3.91. The van der Waals surface area contributed by atoms with E-state index in [0.717, 1.165) is 12.3 Å². The summed E-state index contributed by atoms with van der Waals surface area (Å²) in [5.74, 6) is 2.07. The molecule has 0 radical (unpaired) electrons. The van der Waals surface area contributed by atoms with Crippen molar-refractivity contribution in [1.82, 2.24) is 0 Å². The van der Waals surface area contributed by atoms with Gasteiger partial charge in [0, 0.05) is 6.42 Å². The molecule has 0 spiro atoms. The van der Waals surface area contributed by atoms with Crippen LogP contribution in [-0.4, -0.2) is 0 Å². The fraction of sp³-hybridized carbons (Fsp3) is 0.556. The van der Waals surface area contributed by atoms with Crippen LogP contribution in [-0.2, 0) is 12.8 Å². The number of furan rings is 1. The normalized spacial score (nSPS) is 24.3. The molecule has 1 heteroatoms. The Labute approximate surface area is 61.0 Å². The van der Waals surface area contributed by atoms with Crippen LogP contribution in [0.2, 0.25) is 0 Å². The summed E-state index contributed by atoms with van der Waals surface area (Å²) in [5, 5.41) is 0. The third-order valence-corrected chi connectivity index (χ3v) is 2.27. The second-order valence-corrected chi connectivity index (χ2v) is 3.22. The molecule has 0 amide bonds. The van der Waals surface area contributed by atoms with Crippen LogP contribution in [0, 0.1) is 5.92 Å². The van der Waals surface area contributed by atoms with Gasteiger partial charge in [-0.25, -0.2) is 0 Å². The Kier molecular flexibility index (Phi) is 1.30. The highest BCUT2D eigenvalue weighted by Gasteiger charge is 2.16. The van der Waals surface area contributed by atoms with Gasteiger partial charge in [-0.05, 0) is 30.4 Å². The lowest BCUT2D eigenvalue weighted by Gasteiger charge is -2.15. The second kappa shape index (κ2) is 2.15. The molecular formula is C9H12O. The van der Waals surface area contributed by atoms with E-state index < -0.39 is 0 Å². The van der Waals surface area contributed by atoms with Gasteiger partial charge >= 0.3 is 0 Å². The zero-order valence-electron chi connectivity index (χ0n) is 6.26. The molecule has 0 aromatic carbocycles. The second-order valence-electron chi connectivity index (χ2n) is 3.22. The topological polar surface area (TPSA) is 13.1 Å². The van der Waals surface area contributed by atoms with Gasteiger partial charge in [0.25, 0.3) is 0 Å². The van der Waals surface area contributed by atoms with E-state index >= 15 is 0 Å². The van der Waals surface area contributed by atoms with Crippen molar-refractivity contribution in [2.24, 2.45) is 5.92 Å². The van der Waals surface area contributed by atoms with Crippen molar-refractivity contribution in [3.05, 3.63) is 23.7 Å². The van der Waals surface area contributed by atoms with Crippen molar-refractivity contribution >= 4 is 0 Å². The van der Waals surface area contributed by atoms with Crippen LogP contribution in [0.15, 0.2) is 16.7 Å². The summed E-state index contributed by atoms with van der Waals surface area (Å²) >= 11 is 0. The lowest BCUT2D eigenvalue weighted by atomic mass is 9.90. The Morgan fingerprint density at radius 2 is 2.50 bits per heavy atom. The monoisotopic (exact) mass is 136 g/mol. The molecule has 1 aliphatic carbocycles. The molecule has 1 nitrogen and oxygen atoms in total. The van der Waals surface area contributed by atoms with E-state index in [1.54, 1.807) is 0 Å². The molecular weight excluding hydrogens is 124 g/mol. The molecule has 0 aliphatic heterocycles. The van der Waals surface area contributed by atoms with Crippen LogP contribution in [0.3, 0.4) is 0 Å². The predicted molar refractivity (Wildman–Crippen MR) is 39.9 cm³/mol. The van der Waals surface area contributed by atoms with E-state index in [2.05, 4.69) is 13.0 Å². The van der Waals surface area contributed by atoms with Crippen molar-refractivity contribution in [3.63, 3.8) is 0 Å². The van der Waals surface area contributed by atoms with Crippen LogP contribution < -0.4 is 0 Å². The van der Waals surface area contributed by atoms with Gasteiger partial charge in [0.15, 0.2) is 0 Å². The first-order valence-electron chi connectivity index (χ1n) is 3.91. The molecule has 0 N–H and O–H groups in total. The van der Waals surface area contributed by atoms with E-state index in [1.807, 2.05) is 6.26 Å². The van der Waals surface area contributed by atoms with Gasteiger partial charge in [0.05, 0.1) is 6.26 Å². The van der Waals surface area contributed by atoms with Gasteiger partial charge in [-0.15, -0.1) is 0 Å². The highest BCUT2D eigenvalue weighted by molar-refractivity contribution is 5.20. The van der Waals surface area contributed by atoms with E-state index in [4.69, 9.17) is 4.42 Å². The molecule has 1 atom stereocenters. The molecule has 10 heavy (non-hydrogen) atoms. The van der Waals surface area contributed by atoms with E-state index in [0.29, 0.717) is 0 Å². The molecule has 1 unspecified atom stereocenters. The molecule has 1 aliphatic rings. The van der Waals surface area contributed by atoms with Crippen LogP contribution in [0.25, 0.3) is 0 Å². The summed E-state index contributed by atoms with van der Waals surface area (Å²) in [5.41, 5.74) is 1.43. The zero-order chi connectivity index (χ0) is 6.97. The molecule has 1 heterocycles. The number of hydrogen-bond acceptors (Lipinski definition) is 1. The molecule has 0 saturated carbocycles. The van der Waals surface area contributed by atoms with Gasteiger partial charge in [-0.1, -0.05) is 6.92 Å². The van der Waals surface area contributed by atoms with E-state index in [1.165, 1.54) is 24.2 Å². The Hall–Kier alpha value is -0.720. The van der Waals surface area contributed by atoms with Crippen molar-refractivity contribution in [2.75, 3.05) is 0 Å². The smallest absolute Gasteiger partial charge is 0.106 e. The molecule has 1 aromatic heterocycles. The minimum absolute atomic E-state index is 0.852. The molecule has 0 bridgehead atoms. The lowest BCUT2D eigenvalue weighted by Crippen LogP contribution is -2.08. The van der Waals surface area contributed by atoms with Crippen LogP contribution in [0.5, 0.6) is 0 Å². The lowest BCUT2D eigenvalue weighted by molar-refractivity contribution is 0.425. The quantitative estimate of drug-likeness (QED) is 0.533. The average Bonchev–Trinajstić information content (AvgIpc) is 2.33. The summed E-state index contributed by atoms with van der Waals surface area (Å²) in [6.45, 7) is 2.30. The third kappa shape index (κ3) is 0.859. The van der Waals surface area contributed by atoms with Gasteiger partial charge in [-0.3, -0.25) is 0 Å². The first kappa shape index (κ1) is 6.02. The third-order valence-electron chi connectivity index (χ3n) is 2.27. The van der Waals surface area contributed by atoms with Crippen molar-refractivity contribution in [3.8, 4) is 0 Å². The van der Waals surface area contributed by atoms with Gasteiger partial charge in [0.2, 0.25) is 0 Å². The maximum absolute atomic E-state index is 5.30. The fourth-order valence-electron chi connectivity index (χ4n) is 1.62. The summed E-state index contributed by atoms with van der Waals surface area (Å²) < 4.78 is 5.30. The number of hydrogen-bond donors (Lipinski definition) is 0. The zero-order valence-corrected chi connectivity index (χ0v) is 6.26. The van der Waals surface area contributed by atoms with Crippen LogP contribution >= 0.6 is 0 Å². The molecule has 1 aromatic rings. The minimum Gasteiger partial charge on any atom is -0.469 e. The van der Waals surface area contributed by atoms with Gasteiger partial charge in [-0.2, -0.15) is 0 Å². The molecule has 0 saturated heterocycles. The van der Waals surface area contributed by atoms with Crippen molar-refractivity contribution in [1.29, 1.82) is 0 Å². The van der Waals surface area contributed by atoms with Crippen molar-refractivity contribution < 1.29 is 4.42 Å². The van der Waals surface area contributed by atoms with Crippen LogP contribution in [0.4, 0.5) is 0 Å². The molecule has 0 fully saturated rings. The van der Waals surface area contributed by atoms with E-state index in [-0.39, 0.29) is 0 Å². The first-order chi connectivity index (χ1) is 4.86. The Morgan fingerprint density at radius 3 is 3.40 bits per heavy atom.